The van der Waals surface area contributed by atoms with Crippen LogP contribution < -0.4 is 10.1 Å². The van der Waals surface area contributed by atoms with E-state index in [0.29, 0.717) is 5.75 Å². The molecule has 0 heterocycles. The maximum atomic E-state index is 12.6. The van der Waals surface area contributed by atoms with Gasteiger partial charge in [-0.3, -0.25) is 4.79 Å². The van der Waals surface area contributed by atoms with Crippen LogP contribution in [-0.4, -0.2) is 18.8 Å². The highest BCUT2D eigenvalue weighted by Crippen LogP contribution is 2.23. The predicted molar refractivity (Wildman–Crippen MR) is 117 cm³/mol. The Bertz CT molecular complexity index is 877. The second kappa shape index (κ2) is 10.00. The number of amides is 1. The van der Waals surface area contributed by atoms with Crippen molar-refractivity contribution in [3.63, 3.8) is 0 Å². The Labute approximate surface area is 171 Å². The van der Waals surface area contributed by atoms with E-state index in [2.05, 4.69) is 48.6 Å². The molecule has 1 N–H and O–H groups in total. The van der Waals surface area contributed by atoms with Crippen LogP contribution in [-0.2, 0) is 10.5 Å². The number of methoxy groups -OCH3 is 1. The van der Waals surface area contributed by atoms with E-state index in [-0.39, 0.29) is 11.9 Å². The number of hydrogen-bond donors (Lipinski definition) is 1. The van der Waals surface area contributed by atoms with Crippen molar-refractivity contribution in [2.75, 3.05) is 12.9 Å². The minimum absolute atomic E-state index is 0.0351. The summed E-state index contributed by atoms with van der Waals surface area (Å²) in [6.07, 6.45) is 0. The fraction of sp³-hybridized carbons (Fsp3) is 0.208. The molecule has 0 radical (unpaired) electrons. The van der Waals surface area contributed by atoms with Crippen LogP contribution in [0.25, 0.3) is 0 Å². The summed E-state index contributed by atoms with van der Waals surface area (Å²) in [6.45, 7) is 2.07. The molecule has 0 spiro atoms. The molecule has 3 rings (SSSR count). The number of aryl methyl sites for hydroxylation is 1. The van der Waals surface area contributed by atoms with Gasteiger partial charge in [-0.1, -0.05) is 72.3 Å². The molecule has 3 aromatic rings. The summed E-state index contributed by atoms with van der Waals surface area (Å²) in [5, 5.41) is 3.19. The summed E-state index contributed by atoms with van der Waals surface area (Å²) < 4.78 is 5.18. The molecule has 0 saturated carbocycles. The zero-order chi connectivity index (χ0) is 19.8. The highest BCUT2D eigenvalue weighted by Gasteiger charge is 2.16. The average Bonchev–Trinajstić information content (AvgIpc) is 2.74. The standard InChI is InChI=1S/C24H25NO2S/c1-18-8-12-21(13-9-18)24(20-6-4-3-5-7-20)25-23(26)17-28-16-19-10-14-22(27-2)15-11-19/h3-15,24H,16-17H2,1-2H3,(H,25,26)/t24-/m0/s1. The van der Waals surface area contributed by atoms with Gasteiger partial charge in [0.25, 0.3) is 0 Å². The second-order valence-corrected chi connectivity index (χ2v) is 7.65. The third kappa shape index (κ3) is 5.64. The number of ether oxygens (including phenoxy) is 1. The normalized spacial score (nSPS) is 11.6. The number of rotatable bonds is 8. The lowest BCUT2D eigenvalue weighted by Gasteiger charge is -2.20. The Balaban J connectivity index is 1.61. The van der Waals surface area contributed by atoms with E-state index in [9.17, 15) is 4.79 Å². The van der Waals surface area contributed by atoms with Crippen LogP contribution in [0, 0.1) is 6.92 Å². The largest absolute Gasteiger partial charge is 0.497 e. The molecule has 3 nitrogen and oxygen atoms in total. The van der Waals surface area contributed by atoms with E-state index in [4.69, 9.17) is 4.74 Å². The average molecular weight is 392 g/mol. The predicted octanol–water partition coefficient (Wildman–Crippen LogP) is 5.14. The zero-order valence-electron chi connectivity index (χ0n) is 16.2. The first kappa shape index (κ1) is 20.0. The van der Waals surface area contributed by atoms with Crippen molar-refractivity contribution in [1.82, 2.24) is 5.32 Å². The first-order valence-corrected chi connectivity index (χ1v) is 10.4. The Kier molecular flexibility index (Phi) is 7.15. The number of nitrogens with one attached hydrogen (secondary N) is 1. The van der Waals surface area contributed by atoms with Gasteiger partial charge in [0, 0.05) is 5.75 Å². The lowest BCUT2D eigenvalue weighted by atomic mass is 9.98. The number of hydrogen-bond acceptors (Lipinski definition) is 3. The van der Waals surface area contributed by atoms with E-state index in [0.717, 1.165) is 22.6 Å². The SMILES string of the molecule is COc1ccc(CSCC(=O)N[C@@H](c2ccccc2)c2ccc(C)cc2)cc1. The van der Waals surface area contributed by atoms with Gasteiger partial charge in [0.1, 0.15) is 5.75 Å². The molecule has 0 aromatic heterocycles. The maximum Gasteiger partial charge on any atom is 0.230 e. The van der Waals surface area contributed by atoms with Crippen LogP contribution in [0.3, 0.4) is 0 Å². The summed E-state index contributed by atoms with van der Waals surface area (Å²) in [5.41, 5.74) is 4.55. The molecule has 0 aliphatic carbocycles. The van der Waals surface area contributed by atoms with Gasteiger partial charge in [-0.25, -0.2) is 0 Å². The third-order valence-electron chi connectivity index (χ3n) is 4.51. The molecule has 0 bridgehead atoms. The Morgan fingerprint density at radius 3 is 2.21 bits per heavy atom. The van der Waals surface area contributed by atoms with Crippen molar-refractivity contribution < 1.29 is 9.53 Å². The van der Waals surface area contributed by atoms with Gasteiger partial charge < -0.3 is 10.1 Å². The molecule has 4 heteroatoms. The minimum Gasteiger partial charge on any atom is -0.497 e. The van der Waals surface area contributed by atoms with E-state index >= 15 is 0 Å². The van der Waals surface area contributed by atoms with Crippen molar-refractivity contribution in [2.24, 2.45) is 0 Å². The monoisotopic (exact) mass is 391 g/mol. The molecule has 0 aliphatic rings. The van der Waals surface area contributed by atoms with Gasteiger partial charge in [0.05, 0.1) is 18.9 Å². The van der Waals surface area contributed by atoms with Gasteiger partial charge in [-0.2, -0.15) is 0 Å². The van der Waals surface area contributed by atoms with Crippen molar-refractivity contribution in [1.29, 1.82) is 0 Å². The third-order valence-corrected chi connectivity index (χ3v) is 5.51. The van der Waals surface area contributed by atoms with Gasteiger partial charge in [0.2, 0.25) is 5.91 Å². The van der Waals surface area contributed by atoms with Crippen LogP contribution in [0.2, 0.25) is 0 Å². The summed E-state index contributed by atoms with van der Waals surface area (Å²) >= 11 is 1.61. The van der Waals surface area contributed by atoms with E-state index in [1.54, 1.807) is 18.9 Å². The summed E-state index contributed by atoms with van der Waals surface area (Å²) in [5.74, 6) is 2.09. The van der Waals surface area contributed by atoms with Crippen molar-refractivity contribution in [3.8, 4) is 5.75 Å². The fourth-order valence-electron chi connectivity index (χ4n) is 2.95. The highest BCUT2D eigenvalue weighted by molar-refractivity contribution is 7.99. The number of benzene rings is 3. The van der Waals surface area contributed by atoms with Crippen molar-refractivity contribution >= 4 is 17.7 Å². The summed E-state index contributed by atoms with van der Waals surface area (Å²) in [7, 11) is 1.66. The van der Waals surface area contributed by atoms with E-state index in [1.165, 1.54) is 11.1 Å². The molecule has 1 atom stereocenters. The number of carbonyl (C=O) groups is 1. The summed E-state index contributed by atoms with van der Waals surface area (Å²) in [6, 6.07) is 26.2. The second-order valence-electron chi connectivity index (χ2n) is 6.66. The van der Waals surface area contributed by atoms with E-state index in [1.807, 2.05) is 42.5 Å². The topological polar surface area (TPSA) is 38.3 Å². The molecule has 3 aromatic carbocycles. The molecular weight excluding hydrogens is 366 g/mol. The molecule has 28 heavy (non-hydrogen) atoms. The summed E-state index contributed by atoms with van der Waals surface area (Å²) in [4.78, 5) is 12.6. The van der Waals surface area contributed by atoms with Crippen molar-refractivity contribution in [3.05, 3.63) is 101 Å². The van der Waals surface area contributed by atoms with Gasteiger partial charge in [-0.15, -0.1) is 11.8 Å². The molecule has 0 aliphatic heterocycles. The van der Waals surface area contributed by atoms with Crippen LogP contribution in [0.15, 0.2) is 78.9 Å². The van der Waals surface area contributed by atoms with Crippen LogP contribution in [0.1, 0.15) is 28.3 Å². The smallest absolute Gasteiger partial charge is 0.230 e. The Morgan fingerprint density at radius 1 is 0.929 bits per heavy atom. The van der Waals surface area contributed by atoms with Crippen molar-refractivity contribution in [2.45, 2.75) is 18.7 Å². The quantitative estimate of drug-likeness (QED) is 0.578. The molecular formula is C24H25NO2S. The van der Waals surface area contributed by atoms with Crippen LogP contribution in [0.5, 0.6) is 5.75 Å². The molecule has 144 valence electrons. The van der Waals surface area contributed by atoms with Gasteiger partial charge in [-0.05, 0) is 35.7 Å². The lowest BCUT2D eigenvalue weighted by Crippen LogP contribution is -2.30. The Morgan fingerprint density at radius 2 is 1.57 bits per heavy atom. The fourth-order valence-corrected chi connectivity index (χ4v) is 3.75. The number of thioether (sulfide) groups is 1. The lowest BCUT2D eigenvalue weighted by molar-refractivity contribution is -0.119. The maximum absolute atomic E-state index is 12.6. The number of carbonyl (C=O) groups excluding carboxylic acids is 1. The van der Waals surface area contributed by atoms with Gasteiger partial charge >= 0.3 is 0 Å². The highest BCUT2D eigenvalue weighted by atomic mass is 32.2. The van der Waals surface area contributed by atoms with E-state index < -0.39 is 0 Å². The molecule has 0 saturated heterocycles. The molecule has 0 fully saturated rings. The van der Waals surface area contributed by atoms with Gasteiger partial charge in [0.15, 0.2) is 0 Å². The first-order valence-electron chi connectivity index (χ1n) is 9.27. The molecule has 0 unspecified atom stereocenters. The zero-order valence-corrected chi connectivity index (χ0v) is 17.0. The first-order chi connectivity index (χ1) is 13.7. The minimum atomic E-state index is -0.143. The van der Waals surface area contributed by atoms with Crippen LogP contribution >= 0.6 is 11.8 Å². The molecule has 1 amide bonds. The Hall–Kier alpha value is -2.72. The van der Waals surface area contributed by atoms with Crippen LogP contribution in [0.4, 0.5) is 0 Å².